The van der Waals surface area contributed by atoms with Gasteiger partial charge in [0.1, 0.15) is 10.7 Å². The van der Waals surface area contributed by atoms with E-state index in [9.17, 15) is 9.59 Å². The molecule has 0 radical (unpaired) electrons. The van der Waals surface area contributed by atoms with Gasteiger partial charge in [-0.3, -0.25) is 14.2 Å². The average Bonchev–Trinajstić information content (AvgIpc) is 2.93. The fourth-order valence-electron chi connectivity index (χ4n) is 2.73. The third-order valence-corrected chi connectivity index (χ3v) is 5.16. The van der Waals surface area contributed by atoms with Crippen LogP contribution >= 0.6 is 11.3 Å². The molecule has 0 aliphatic heterocycles. The van der Waals surface area contributed by atoms with Crippen molar-refractivity contribution in [1.82, 2.24) is 9.55 Å². The van der Waals surface area contributed by atoms with Crippen LogP contribution in [-0.4, -0.2) is 15.5 Å². The number of aryl methyl sites for hydroxylation is 3. The predicted molar refractivity (Wildman–Crippen MR) is 97.3 cm³/mol. The highest BCUT2D eigenvalue weighted by molar-refractivity contribution is 7.17. The van der Waals surface area contributed by atoms with Crippen molar-refractivity contribution < 1.29 is 4.79 Å². The van der Waals surface area contributed by atoms with Crippen molar-refractivity contribution in [2.24, 2.45) is 5.73 Å². The molecule has 5 nitrogen and oxygen atoms in total. The number of hydrogen-bond donors (Lipinski definition) is 1. The van der Waals surface area contributed by atoms with Gasteiger partial charge < -0.3 is 5.73 Å². The molecule has 0 saturated carbocycles. The maximum absolute atomic E-state index is 12.9. The van der Waals surface area contributed by atoms with Crippen molar-refractivity contribution in [3.05, 3.63) is 50.9 Å². The quantitative estimate of drug-likeness (QED) is 0.792. The Bertz CT molecular complexity index is 1000. The molecule has 124 valence electrons. The van der Waals surface area contributed by atoms with Crippen LogP contribution in [0.5, 0.6) is 0 Å². The summed E-state index contributed by atoms with van der Waals surface area (Å²) in [6.07, 6.45) is 0.122. The molecule has 1 aromatic carbocycles. The summed E-state index contributed by atoms with van der Waals surface area (Å²) in [5.74, 6) is 0.170. The smallest absolute Gasteiger partial charge is 0.262 e. The SMILES string of the molecule is Cc1ccc(-c2csc3nc(C)n(CCC(N)=O)c(=O)c23)cc1C. The molecule has 0 aliphatic rings. The number of rotatable bonds is 4. The molecule has 6 heteroatoms. The summed E-state index contributed by atoms with van der Waals surface area (Å²) in [7, 11) is 0. The second-order valence-corrected chi connectivity index (χ2v) is 6.82. The highest BCUT2D eigenvalue weighted by atomic mass is 32.1. The summed E-state index contributed by atoms with van der Waals surface area (Å²) < 4.78 is 1.53. The van der Waals surface area contributed by atoms with Crippen molar-refractivity contribution in [3.8, 4) is 11.1 Å². The van der Waals surface area contributed by atoms with Gasteiger partial charge in [0.25, 0.3) is 5.56 Å². The lowest BCUT2D eigenvalue weighted by Crippen LogP contribution is -2.26. The van der Waals surface area contributed by atoms with Crippen LogP contribution in [0.25, 0.3) is 21.3 Å². The minimum Gasteiger partial charge on any atom is -0.370 e. The number of carbonyl (C=O) groups excluding carboxylic acids is 1. The zero-order valence-corrected chi connectivity index (χ0v) is 14.7. The van der Waals surface area contributed by atoms with Gasteiger partial charge in [0.15, 0.2) is 0 Å². The lowest BCUT2D eigenvalue weighted by molar-refractivity contribution is -0.118. The fraction of sp³-hybridized carbons (Fsp3) is 0.278. The minimum atomic E-state index is -0.430. The Balaban J connectivity index is 2.20. The van der Waals surface area contributed by atoms with Crippen molar-refractivity contribution in [2.75, 3.05) is 0 Å². The first-order valence-corrected chi connectivity index (χ1v) is 8.61. The van der Waals surface area contributed by atoms with E-state index in [0.717, 1.165) is 16.0 Å². The Kier molecular flexibility index (Phi) is 4.24. The highest BCUT2D eigenvalue weighted by Gasteiger charge is 2.16. The molecule has 0 fully saturated rings. The molecule has 0 atom stereocenters. The molecule has 1 amide bonds. The summed E-state index contributed by atoms with van der Waals surface area (Å²) in [4.78, 5) is 29.3. The molecule has 3 rings (SSSR count). The van der Waals surface area contributed by atoms with E-state index >= 15 is 0 Å². The van der Waals surface area contributed by atoms with Gasteiger partial charge in [0.05, 0.1) is 5.39 Å². The van der Waals surface area contributed by atoms with Crippen LogP contribution in [-0.2, 0) is 11.3 Å². The van der Waals surface area contributed by atoms with Crippen molar-refractivity contribution in [1.29, 1.82) is 0 Å². The summed E-state index contributed by atoms with van der Waals surface area (Å²) >= 11 is 1.46. The first-order valence-electron chi connectivity index (χ1n) is 7.73. The number of carbonyl (C=O) groups is 1. The lowest BCUT2D eigenvalue weighted by Gasteiger charge is -2.09. The van der Waals surface area contributed by atoms with Gasteiger partial charge in [-0.25, -0.2) is 4.98 Å². The van der Waals surface area contributed by atoms with E-state index in [1.165, 1.54) is 27.0 Å². The first-order chi connectivity index (χ1) is 11.4. The summed E-state index contributed by atoms with van der Waals surface area (Å²) in [5, 5.41) is 2.58. The Morgan fingerprint density at radius 1 is 1.25 bits per heavy atom. The Morgan fingerprint density at radius 2 is 2.00 bits per heavy atom. The monoisotopic (exact) mass is 341 g/mol. The number of aromatic nitrogens is 2. The Morgan fingerprint density at radius 3 is 2.67 bits per heavy atom. The van der Waals surface area contributed by atoms with Gasteiger partial charge in [0.2, 0.25) is 5.91 Å². The number of amides is 1. The topological polar surface area (TPSA) is 78.0 Å². The molecule has 24 heavy (non-hydrogen) atoms. The number of thiophene rings is 1. The molecular weight excluding hydrogens is 322 g/mol. The van der Waals surface area contributed by atoms with Crippen LogP contribution in [0, 0.1) is 20.8 Å². The zero-order valence-electron chi connectivity index (χ0n) is 13.9. The van der Waals surface area contributed by atoms with Gasteiger partial charge in [-0.15, -0.1) is 11.3 Å². The van der Waals surface area contributed by atoms with Gasteiger partial charge >= 0.3 is 0 Å². The number of primary amides is 1. The van der Waals surface area contributed by atoms with Crippen LogP contribution in [0.15, 0.2) is 28.4 Å². The van der Waals surface area contributed by atoms with Gasteiger partial charge in [0, 0.05) is 23.9 Å². The largest absolute Gasteiger partial charge is 0.370 e. The second-order valence-electron chi connectivity index (χ2n) is 5.96. The van der Waals surface area contributed by atoms with E-state index in [-0.39, 0.29) is 18.5 Å². The van der Waals surface area contributed by atoms with Crippen LogP contribution in [0.2, 0.25) is 0 Å². The van der Waals surface area contributed by atoms with Crippen LogP contribution < -0.4 is 11.3 Å². The van der Waals surface area contributed by atoms with Crippen LogP contribution in [0.3, 0.4) is 0 Å². The Labute approximate surface area is 143 Å². The van der Waals surface area contributed by atoms with Crippen LogP contribution in [0.1, 0.15) is 23.4 Å². The standard InChI is InChI=1S/C18H19N3O2S/c1-10-4-5-13(8-11(10)2)14-9-24-17-16(14)18(23)21(12(3)20-17)7-6-15(19)22/h4-5,8-9H,6-7H2,1-3H3,(H2,19,22). The molecular formula is C18H19N3O2S. The van der Waals surface area contributed by atoms with Crippen molar-refractivity contribution in [2.45, 2.75) is 33.7 Å². The van der Waals surface area contributed by atoms with E-state index in [0.29, 0.717) is 11.2 Å². The van der Waals surface area contributed by atoms with Gasteiger partial charge in [-0.05, 0) is 37.5 Å². The third-order valence-electron chi connectivity index (χ3n) is 4.28. The third kappa shape index (κ3) is 2.85. The molecule has 0 aliphatic carbocycles. The second kappa shape index (κ2) is 6.20. The minimum absolute atomic E-state index is 0.117. The van der Waals surface area contributed by atoms with Gasteiger partial charge in [-0.2, -0.15) is 0 Å². The first kappa shape index (κ1) is 16.4. The molecule has 0 unspecified atom stereocenters. The molecule has 0 bridgehead atoms. The molecule has 3 aromatic rings. The Hall–Kier alpha value is -2.47. The number of nitrogens with two attached hydrogens (primary N) is 1. The molecule has 0 saturated heterocycles. The summed E-state index contributed by atoms with van der Waals surface area (Å²) in [5.41, 5.74) is 9.39. The van der Waals surface area contributed by atoms with Crippen molar-refractivity contribution in [3.63, 3.8) is 0 Å². The number of nitrogens with zero attached hydrogens (tertiary/aromatic N) is 2. The van der Waals surface area contributed by atoms with Crippen LogP contribution in [0.4, 0.5) is 0 Å². The van der Waals surface area contributed by atoms with E-state index in [1.54, 1.807) is 6.92 Å². The van der Waals surface area contributed by atoms with E-state index in [2.05, 4.69) is 31.0 Å². The summed E-state index contributed by atoms with van der Waals surface area (Å²) in [6, 6.07) is 6.17. The predicted octanol–water partition coefficient (Wildman–Crippen LogP) is 2.93. The normalized spacial score (nSPS) is 11.1. The molecule has 0 spiro atoms. The molecule has 2 N–H and O–H groups in total. The average molecular weight is 341 g/mol. The number of fused-ring (bicyclic) bond motifs is 1. The highest BCUT2D eigenvalue weighted by Crippen LogP contribution is 2.32. The van der Waals surface area contributed by atoms with E-state index < -0.39 is 5.91 Å². The number of hydrogen-bond acceptors (Lipinski definition) is 4. The fourth-order valence-corrected chi connectivity index (χ4v) is 3.72. The maximum Gasteiger partial charge on any atom is 0.262 e. The molecule has 2 aromatic heterocycles. The molecule has 2 heterocycles. The van der Waals surface area contributed by atoms with E-state index in [1.807, 2.05) is 11.4 Å². The zero-order chi connectivity index (χ0) is 17.4. The maximum atomic E-state index is 12.9. The number of benzene rings is 1. The van der Waals surface area contributed by atoms with E-state index in [4.69, 9.17) is 5.73 Å². The lowest BCUT2D eigenvalue weighted by atomic mass is 10.0. The summed E-state index contributed by atoms with van der Waals surface area (Å²) in [6.45, 7) is 6.15. The van der Waals surface area contributed by atoms with Crippen molar-refractivity contribution >= 4 is 27.5 Å². The van der Waals surface area contributed by atoms with Gasteiger partial charge in [-0.1, -0.05) is 18.2 Å².